The van der Waals surface area contributed by atoms with E-state index in [-0.39, 0.29) is 33.1 Å². The van der Waals surface area contributed by atoms with Gasteiger partial charge in [0.2, 0.25) is 0 Å². The second-order valence-corrected chi connectivity index (χ2v) is 8.98. The molecule has 2 fully saturated rings. The van der Waals surface area contributed by atoms with Gasteiger partial charge < -0.3 is 10.1 Å². The van der Waals surface area contributed by atoms with Crippen molar-refractivity contribution in [1.82, 2.24) is 15.2 Å². The summed E-state index contributed by atoms with van der Waals surface area (Å²) in [6, 6.07) is 10.6. The fourth-order valence-corrected chi connectivity index (χ4v) is 5.85. The van der Waals surface area contributed by atoms with Crippen molar-refractivity contribution >= 4 is 29.1 Å². The molecular weight excluding hydrogens is 421 g/mol. The number of hydrogen-bond acceptors (Lipinski definition) is 4. The molecule has 160 valence electrons. The van der Waals surface area contributed by atoms with Gasteiger partial charge in [-0.25, -0.2) is 0 Å². The molecule has 2 saturated heterocycles. The van der Waals surface area contributed by atoms with Crippen LogP contribution in [0.15, 0.2) is 42.7 Å². The molecule has 1 unspecified atom stereocenters. The lowest BCUT2D eigenvalue weighted by Crippen LogP contribution is -2.52. The van der Waals surface area contributed by atoms with Crippen LogP contribution in [0.1, 0.15) is 54.1 Å². The highest BCUT2D eigenvalue weighted by atomic mass is 35.5. The molecule has 7 heteroatoms. The maximum Gasteiger partial charge on any atom is 0.254 e. The molecule has 0 saturated carbocycles. The second-order valence-electron chi connectivity index (χ2n) is 8.17. The molecule has 3 heterocycles. The number of carbonyl (C=O) groups excluding carboxylic acids is 1. The predicted molar refractivity (Wildman–Crippen MR) is 119 cm³/mol. The second kappa shape index (κ2) is 9.23. The smallest absolute Gasteiger partial charge is 0.254 e. The largest absolute Gasteiger partial charge is 0.385 e. The molecule has 1 amide bonds. The highest BCUT2D eigenvalue weighted by Gasteiger charge is 2.56. The minimum atomic E-state index is -0.261. The molecule has 2 aromatic rings. The number of hydrogen-bond donors (Lipinski definition) is 1. The van der Waals surface area contributed by atoms with Gasteiger partial charge in [-0.3, -0.25) is 14.7 Å². The van der Waals surface area contributed by atoms with E-state index in [1.807, 2.05) is 18.2 Å². The van der Waals surface area contributed by atoms with Gasteiger partial charge in [0.05, 0.1) is 21.7 Å². The van der Waals surface area contributed by atoms with Crippen molar-refractivity contribution in [2.75, 3.05) is 20.3 Å². The topological polar surface area (TPSA) is 54.5 Å². The average molecular weight is 448 g/mol. The van der Waals surface area contributed by atoms with E-state index >= 15 is 0 Å². The third-order valence-corrected chi connectivity index (χ3v) is 7.18. The standard InChI is InChI=1S/C23H27Cl2N3O2/c1-30-13-5-12-28-17-8-10-23(28,11-9-17)21(16-6-3-2-4-7-16)27-22(29)20-18(24)14-26-15-19(20)25/h2-4,6-7,14-15,17,21H,5,8-13H2,1H3,(H,27,29). The van der Waals surface area contributed by atoms with Crippen molar-refractivity contribution in [3.8, 4) is 0 Å². The zero-order valence-corrected chi connectivity index (χ0v) is 18.6. The van der Waals surface area contributed by atoms with Gasteiger partial charge in [-0.15, -0.1) is 0 Å². The van der Waals surface area contributed by atoms with Crippen LogP contribution >= 0.6 is 23.2 Å². The maximum atomic E-state index is 13.3. The molecule has 5 nitrogen and oxygen atoms in total. The van der Waals surface area contributed by atoms with Crippen LogP contribution in [0, 0.1) is 0 Å². The zero-order valence-electron chi connectivity index (χ0n) is 17.1. The van der Waals surface area contributed by atoms with Gasteiger partial charge in [0.25, 0.3) is 5.91 Å². The monoisotopic (exact) mass is 447 g/mol. The van der Waals surface area contributed by atoms with Crippen LogP contribution in [-0.2, 0) is 4.74 Å². The molecule has 30 heavy (non-hydrogen) atoms. The first-order chi connectivity index (χ1) is 14.6. The number of amides is 1. The third-order valence-electron chi connectivity index (χ3n) is 6.61. The molecule has 2 bridgehead atoms. The number of methoxy groups -OCH3 is 1. The first-order valence-corrected chi connectivity index (χ1v) is 11.2. The van der Waals surface area contributed by atoms with Gasteiger partial charge in [-0.05, 0) is 37.7 Å². The van der Waals surface area contributed by atoms with E-state index < -0.39 is 0 Å². The van der Waals surface area contributed by atoms with Crippen molar-refractivity contribution in [2.45, 2.75) is 49.7 Å². The molecule has 2 aliphatic heterocycles. The fraction of sp³-hybridized carbons (Fsp3) is 0.478. The van der Waals surface area contributed by atoms with E-state index in [0.29, 0.717) is 6.04 Å². The lowest BCUT2D eigenvalue weighted by Gasteiger charge is -2.42. The molecule has 0 aliphatic carbocycles. The highest BCUT2D eigenvalue weighted by Crippen LogP contribution is 2.52. The van der Waals surface area contributed by atoms with Crippen molar-refractivity contribution in [3.05, 3.63) is 63.9 Å². The van der Waals surface area contributed by atoms with E-state index in [2.05, 4.69) is 27.3 Å². The van der Waals surface area contributed by atoms with Crippen molar-refractivity contribution in [3.63, 3.8) is 0 Å². The molecular formula is C23H27Cl2N3O2. The number of carbonyl (C=O) groups is 1. The summed E-state index contributed by atoms with van der Waals surface area (Å²) in [5, 5.41) is 3.83. The lowest BCUT2D eigenvalue weighted by atomic mass is 9.78. The first-order valence-electron chi connectivity index (χ1n) is 10.5. The summed E-state index contributed by atoms with van der Waals surface area (Å²) in [7, 11) is 1.74. The van der Waals surface area contributed by atoms with Gasteiger partial charge in [0.15, 0.2) is 0 Å². The average Bonchev–Trinajstić information content (AvgIpc) is 3.28. The van der Waals surface area contributed by atoms with Crippen molar-refractivity contribution in [1.29, 1.82) is 0 Å². The lowest BCUT2D eigenvalue weighted by molar-refractivity contribution is 0.0741. The van der Waals surface area contributed by atoms with Crippen LogP contribution in [0.5, 0.6) is 0 Å². The Bertz CT molecular complexity index is 865. The molecule has 0 radical (unpaired) electrons. The van der Waals surface area contributed by atoms with Crippen molar-refractivity contribution in [2.24, 2.45) is 0 Å². The molecule has 2 aliphatic rings. The predicted octanol–water partition coefficient (Wildman–Crippen LogP) is 4.89. The molecule has 1 N–H and O–H groups in total. The SMILES string of the molecule is COCCCN1C2CCC1(C(NC(=O)c1c(Cl)cncc1Cl)c1ccccc1)CC2. The van der Waals surface area contributed by atoms with Crippen LogP contribution in [0.25, 0.3) is 0 Å². The Morgan fingerprint density at radius 1 is 1.23 bits per heavy atom. The van der Waals surface area contributed by atoms with Crippen LogP contribution < -0.4 is 5.32 Å². The summed E-state index contributed by atoms with van der Waals surface area (Å²) in [4.78, 5) is 19.9. The number of fused-ring (bicyclic) bond motifs is 2. The molecule has 1 aromatic carbocycles. The molecule has 1 atom stereocenters. The quantitative estimate of drug-likeness (QED) is 0.585. The number of nitrogens with one attached hydrogen (secondary N) is 1. The van der Waals surface area contributed by atoms with Gasteiger partial charge in [-0.2, -0.15) is 0 Å². The van der Waals surface area contributed by atoms with Crippen LogP contribution in [0.4, 0.5) is 0 Å². The van der Waals surface area contributed by atoms with Crippen LogP contribution in [0.2, 0.25) is 10.0 Å². The Kier molecular flexibility index (Phi) is 6.63. The number of benzene rings is 1. The number of ether oxygens (including phenoxy) is 1. The maximum absolute atomic E-state index is 13.3. The van der Waals surface area contributed by atoms with E-state index in [1.165, 1.54) is 12.4 Å². The van der Waals surface area contributed by atoms with Gasteiger partial charge in [-0.1, -0.05) is 53.5 Å². The number of aromatic nitrogens is 1. The normalized spacial score (nSPS) is 24.2. The zero-order chi connectivity index (χ0) is 21.1. The summed E-state index contributed by atoms with van der Waals surface area (Å²) < 4.78 is 5.29. The molecule has 4 rings (SSSR count). The number of nitrogens with zero attached hydrogens (tertiary/aromatic N) is 2. The summed E-state index contributed by atoms with van der Waals surface area (Å²) in [5.41, 5.74) is 1.28. The summed E-state index contributed by atoms with van der Waals surface area (Å²) >= 11 is 12.5. The Balaban J connectivity index is 1.68. The summed E-state index contributed by atoms with van der Waals surface area (Å²) in [6.07, 6.45) is 8.31. The van der Waals surface area contributed by atoms with E-state index in [4.69, 9.17) is 27.9 Å². The van der Waals surface area contributed by atoms with E-state index in [0.717, 1.165) is 50.8 Å². The van der Waals surface area contributed by atoms with E-state index in [1.54, 1.807) is 7.11 Å². The van der Waals surface area contributed by atoms with Crippen LogP contribution in [0.3, 0.4) is 0 Å². The van der Waals surface area contributed by atoms with Gasteiger partial charge in [0, 0.05) is 44.2 Å². The molecule has 1 aromatic heterocycles. The number of halogens is 2. The minimum absolute atomic E-state index is 0.110. The Morgan fingerprint density at radius 3 is 2.53 bits per heavy atom. The number of pyridine rings is 1. The minimum Gasteiger partial charge on any atom is -0.385 e. The Labute approximate surface area is 187 Å². The van der Waals surface area contributed by atoms with Crippen molar-refractivity contribution < 1.29 is 9.53 Å². The summed E-state index contributed by atoms with van der Waals surface area (Å²) in [5.74, 6) is -0.261. The summed E-state index contributed by atoms with van der Waals surface area (Å²) in [6.45, 7) is 1.71. The van der Waals surface area contributed by atoms with Gasteiger partial charge >= 0.3 is 0 Å². The fourth-order valence-electron chi connectivity index (χ4n) is 5.31. The first kappa shape index (κ1) is 21.6. The number of rotatable bonds is 8. The Morgan fingerprint density at radius 2 is 1.90 bits per heavy atom. The van der Waals surface area contributed by atoms with Crippen LogP contribution in [-0.4, -0.2) is 47.6 Å². The Hall–Kier alpha value is -1.66. The highest BCUT2D eigenvalue weighted by molar-refractivity contribution is 6.39. The third kappa shape index (κ3) is 3.96. The molecule has 0 spiro atoms. The van der Waals surface area contributed by atoms with E-state index in [9.17, 15) is 4.79 Å². The van der Waals surface area contributed by atoms with Gasteiger partial charge in [0.1, 0.15) is 0 Å².